The van der Waals surface area contributed by atoms with Crippen LogP contribution in [0.4, 0.5) is 0 Å². The summed E-state index contributed by atoms with van der Waals surface area (Å²) in [5.74, 6) is 0.107. The monoisotopic (exact) mass is 242 g/mol. The van der Waals surface area contributed by atoms with Gasteiger partial charge in [0.05, 0.1) is 0 Å². The molecule has 1 saturated heterocycles. The van der Waals surface area contributed by atoms with Crippen LogP contribution in [0.3, 0.4) is 0 Å². The van der Waals surface area contributed by atoms with E-state index in [0.29, 0.717) is 6.04 Å². The Balaban J connectivity index is 2.73. The van der Waals surface area contributed by atoms with Crippen molar-refractivity contribution >= 4 is 5.91 Å². The van der Waals surface area contributed by atoms with Crippen molar-refractivity contribution in [1.82, 2.24) is 10.2 Å². The van der Waals surface area contributed by atoms with Crippen LogP contribution in [0.25, 0.3) is 0 Å². The number of amides is 1. The van der Waals surface area contributed by atoms with Gasteiger partial charge in [-0.25, -0.2) is 0 Å². The van der Waals surface area contributed by atoms with Crippen molar-refractivity contribution in [1.29, 1.82) is 0 Å². The first kappa shape index (κ1) is 14.5. The quantitative estimate of drug-likeness (QED) is 0.792. The first-order valence-electron chi connectivity index (χ1n) is 6.60. The molecule has 1 N–H and O–H groups in total. The smallest absolute Gasteiger partial charge is 0.254 e. The molecular formula is C13H26N2O2. The maximum absolute atomic E-state index is 12.5. The molecule has 0 aromatic carbocycles. The van der Waals surface area contributed by atoms with Crippen LogP contribution >= 0.6 is 0 Å². The van der Waals surface area contributed by atoms with Gasteiger partial charge in [0.1, 0.15) is 5.60 Å². The number of hydrogen-bond acceptors (Lipinski definition) is 3. The minimum atomic E-state index is -0.716. The average Bonchev–Trinajstić information content (AvgIpc) is 2.36. The molecule has 0 spiro atoms. The second-order valence-corrected chi connectivity index (χ2v) is 5.21. The lowest BCUT2D eigenvalue weighted by Gasteiger charge is -2.38. The average molecular weight is 242 g/mol. The van der Waals surface area contributed by atoms with E-state index in [1.807, 2.05) is 18.7 Å². The standard InChI is InChI=1S/C13H26N2O2/c1-5-9-15(11-7-6-8-14-10-11)12(16)13(2,3)17-4/h11,14H,5-10H2,1-4H3. The van der Waals surface area contributed by atoms with Gasteiger partial charge in [-0.2, -0.15) is 0 Å². The summed E-state index contributed by atoms with van der Waals surface area (Å²) in [5.41, 5.74) is -0.716. The minimum Gasteiger partial charge on any atom is -0.369 e. The van der Waals surface area contributed by atoms with E-state index < -0.39 is 5.60 Å². The van der Waals surface area contributed by atoms with Crippen LogP contribution in [0.15, 0.2) is 0 Å². The molecule has 0 aliphatic carbocycles. The van der Waals surface area contributed by atoms with Crippen molar-refractivity contribution in [3.05, 3.63) is 0 Å². The largest absolute Gasteiger partial charge is 0.369 e. The maximum Gasteiger partial charge on any atom is 0.254 e. The third kappa shape index (κ3) is 3.68. The highest BCUT2D eigenvalue weighted by Crippen LogP contribution is 2.18. The molecule has 1 amide bonds. The Bertz CT molecular complexity index is 248. The SMILES string of the molecule is CCCN(C(=O)C(C)(C)OC)C1CCCNC1. The molecule has 4 heteroatoms. The zero-order chi connectivity index (χ0) is 12.9. The van der Waals surface area contributed by atoms with Crippen molar-refractivity contribution in [2.24, 2.45) is 0 Å². The maximum atomic E-state index is 12.5. The van der Waals surface area contributed by atoms with E-state index in [2.05, 4.69) is 12.2 Å². The topological polar surface area (TPSA) is 41.6 Å². The van der Waals surface area contributed by atoms with Crippen LogP contribution in [-0.4, -0.2) is 49.2 Å². The molecule has 100 valence electrons. The molecule has 1 fully saturated rings. The zero-order valence-electron chi connectivity index (χ0n) is 11.6. The predicted octanol–water partition coefficient (Wildman–Crippen LogP) is 1.40. The van der Waals surface area contributed by atoms with Crippen LogP contribution in [-0.2, 0) is 9.53 Å². The fraction of sp³-hybridized carbons (Fsp3) is 0.923. The van der Waals surface area contributed by atoms with Gasteiger partial charge in [0, 0.05) is 26.2 Å². The van der Waals surface area contributed by atoms with Crippen LogP contribution in [0.2, 0.25) is 0 Å². The predicted molar refractivity (Wildman–Crippen MR) is 69.0 cm³/mol. The zero-order valence-corrected chi connectivity index (χ0v) is 11.6. The van der Waals surface area contributed by atoms with Crippen molar-refractivity contribution in [2.45, 2.75) is 51.7 Å². The first-order valence-corrected chi connectivity index (χ1v) is 6.60. The van der Waals surface area contributed by atoms with E-state index >= 15 is 0 Å². The van der Waals surface area contributed by atoms with Crippen LogP contribution in [0.1, 0.15) is 40.0 Å². The van der Waals surface area contributed by atoms with Crippen LogP contribution in [0, 0.1) is 0 Å². The third-order valence-electron chi connectivity index (χ3n) is 3.46. The molecule has 0 aromatic heterocycles. The molecule has 1 rings (SSSR count). The highest BCUT2D eigenvalue weighted by atomic mass is 16.5. The fourth-order valence-corrected chi connectivity index (χ4v) is 2.22. The summed E-state index contributed by atoms with van der Waals surface area (Å²) in [4.78, 5) is 14.5. The van der Waals surface area contributed by atoms with E-state index in [4.69, 9.17) is 4.74 Å². The lowest BCUT2D eigenvalue weighted by atomic mass is 10.0. The summed E-state index contributed by atoms with van der Waals surface area (Å²) in [6.07, 6.45) is 3.23. The number of methoxy groups -OCH3 is 1. The van der Waals surface area contributed by atoms with Crippen LogP contribution < -0.4 is 5.32 Å². The van der Waals surface area contributed by atoms with Crippen molar-refractivity contribution < 1.29 is 9.53 Å². The lowest BCUT2D eigenvalue weighted by molar-refractivity contribution is -0.154. The van der Waals surface area contributed by atoms with Gasteiger partial charge < -0.3 is 15.0 Å². The highest BCUT2D eigenvalue weighted by molar-refractivity contribution is 5.84. The Kier molecular flexibility index (Phi) is 5.40. The van der Waals surface area contributed by atoms with Crippen molar-refractivity contribution in [3.63, 3.8) is 0 Å². The number of nitrogens with one attached hydrogen (secondary N) is 1. The van der Waals surface area contributed by atoms with Crippen molar-refractivity contribution in [2.75, 3.05) is 26.7 Å². The second kappa shape index (κ2) is 6.36. The molecule has 4 nitrogen and oxygen atoms in total. The van der Waals surface area contributed by atoms with Gasteiger partial charge in [0.2, 0.25) is 0 Å². The third-order valence-corrected chi connectivity index (χ3v) is 3.46. The highest BCUT2D eigenvalue weighted by Gasteiger charge is 2.35. The van der Waals surface area contributed by atoms with Gasteiger partial charge in [-0.3, -0.25) is 4.79 Å². The normalized spacial score (nSPS) is 21.3. The van der Waals surface area contributed by atoms with Gasteiger partial charge in [-0.05, 0) is 39.7 Å². The molecule has 1 aliphatic rings. The second-order valence-electron chi connectivity index (χ2n) is 5.21. The van der Waals surface area contributed by atoms with E-state index in [1.165, 1.54) is 0 Å². The molecule has 0 saturated carbocycles. The van der Waals surface area contributed by atoms with Gasteiger partial charge in [0.15, 0.2) is 0 Å². The van der Waals surface area contributed by atoms with E-state index in [1.54, 1.807) is 7.11 Å². The Morgan fingerprint density at radius 1 is 1.53 bits per heavy atom. The summed E-state index contributed by atoms with van der Waals surface area (Å²) in [5, 5.41) is 3.36. The number of piperidine rings is 1. The number of ether oxygens (including phenoxy) is 1. The summed E-state index contributed by atoms with van der Waals surface area (Å²) in [7, 11) is 1.60. The molecule has 1 heterocycles. The molecule has 0 radical (unpaired) electrons. The number of carbonyl (C=O) groups is 1. The van der Waals surface area contributed by atoms with Gasteiger partial charge in [-0.1, -0.05) is 6.92 Å². The van der Waals surface area contributed by atoms with Crippen molar-refractivity contribution in [3.8, 4) is 0 Å². The summed E-state index contributed by atoms with van der Waals surface area (Å²) < 4.78 is 5.31. The Morgan fingerprint density at radius 3 is 2.71 bits per heavy atom. The fourth-order valence-electron chi connectivity index (χ4n) is 2.22. The molecular weight excluding hydrogens is 216 g/mol. The molecule has 17 heavy (non-hydrogen) atoms. The number of hydrogen-bond donors (Lipinski definition) is 1. The van der Waals surface area contributed by atoms with Gasteiger partial charge in [0.25, 0.3) is 5.91 Å². The Labute approximate surface area is 105 Å². The first-order chi connectivity index (χ1) is 8.03. The minimum absolute atomic E-state index is 0.107. The molecule has 0 bridgehead atoms. The molecule has 1 unspecified atom stereocenters. The van der Waals surface area contributed by atoms with E-state index in [0.717, 1.165) is 38.9 Å². The van der Waals surface area contributed by atoms with E-state index in [-0.39, 0.29) is 5.91 Å². The molecule has 0 aromatic rings. The van der Waals surface area contributed by atoms with Crippen LogP contribution in [0.5, 0.6) is 0 Å². The molecule has 1 aliphatic heterocycles. The van der Waals surface area contributed by atoms with Gasteiger partial charge in [-0.15, -0.1) is 0 Å². The number of rotatable bonds is 5. The summed E-state index contributed by atoms with van der Waals surface area (Å²) in [6, 6.07) is 0.325. The number of nitrogens with zero attached hydrogens (tertiary/aromatic N) is 1. The summed E-state index contributed by atoms with van der Waals surface area (Å²) >= 11 is 0. The van der Waals surface area contributed by atoms with E-state index in [9.17, 15) is 4.79 Å². The number of carbonyl (C=O) groups excluding carboxylic acids is 1. The Hall–Kier alpha value is -0.610. The molecule has 1 atom stereocenters. The van der Waals surface area contributed by atoms with Gasteiger partial charge >= 0.3 is 0 Å². The Morgan fingerprint density at radius 2 is 2.24 bits per heavy atom. The lowest BCUT2D eigenvalue weighted by Crippen LogP contribution is -2.55. The summed E-state index contributed by atoms with van der Waals surface area (Å²) in [6.45, 7) is 8.58.